The fourth-order valence-electron chi connectivity index (χ4n) is 3.10. The molecule has 1 aliphatic rings. The van der Waals surface area contributed by atoms with Gasteiger partial charge < -0.3 is 5.32 Å². The highest BCUT2D eigenvalue weighted by molar-refractivity contribution is 9.10. The molecule has 0 aliphatic carbocycles. The maximum atomic E-state index is 13.6. The van der Waals surface area contributed by atoms with E-state index in [4.69, 9.17) is 0 Å². The van der Waals surface area contributed by atoms with E-state index in [0.717, 1.165) is 31.7 Å². The van der Waals surface area contributed by atoms with E-state index >= 15 is 0 Å². The van der Waals surface area contributed by atoms with E-state index in [1.807, 2.05) is 35.7 Å². The SMILES string of the molecule is O=C1CC(c2ccccc2Br)c2scc(-c3cccc(F)c3)c2N1. The van der Waals surface area contributed by atoms with Crippen LogP contribution >= 0.6 is 27.3 Å². The van der Waals surface area contributed by atoms with Crippen molar-refractivity contribution in [1.82, 2.24) is 0 Å². The topological polar surface area (TPSA) is 29.1 Å². The monoisotopic (exact) mass is 401 g/mol. The second-order valence-electron chi connectivity index (χ2n) is 5.73. The highest BCUT2D eigenvalue weighted by Gasteiger charge is 2.31. The Kier molecular flexibility index (Phi) is 3.98. The minimum atomic E-state index is -0.281. The van der Waals surface area contributed by atoms with Gasteiger partial charge in [-0.05, 0) is 29.3 Å². The van der Waals surface area contributed by atoms with Gasteiger partial charge in [0, 0.05) is 32.6 Å². The predicted octanol–water partition coefficient (Wildman–Crippen LogP) is 5.79. The number of anilines is 1. The lowest BCUT2D eigenvalue weighted by Gasteiger charge is -2.24. The van der Waals surface area contributed by atoms with Crippen molar-refractivity contribution in [2.45, 2.75) is 12.3 Å². The molecule has 2 nitrogen and oxygen atoms in total. The number of hydrogen-bond acceptors (Lipinski definition) is 2. The molecule has 0 bridgehead atoms. The molecule has 1 amide bonds. The van der Waals surface area contributed by atoms with Crippen LogP contribution < -0.4 is 5.32 Å². The van der Waals surface area contributed by atoms with Crippen LogP contribution in [0.25, 0.3) is 11.1 Å². The fraction of sp³-hybridized carbons (Fsp3) is 0.105. The number of halogens is 2. The first-order chi connectivity index (χ1) is 11.6. The summed E-state index contributed by atoms with van der Waals surface area (Å²) in [7, 11) is 0. The number of carbonyl (C=O) groups is 1. The Hall–Kier alpha value is -1.98. The Morgan fingerprint density at radius 2 is 2.00 bits per heavy atom. The van der Waals surface area contributed by atoms with Gasteiger partial charge in [0.05, 0.1) is 5.69 Å². The Morgan fingerprint density at radius 3 is 2.79 bits per heavy atom. The van der Waals surface area contributed by atoms with E-state index in [9.17, 15) is 9.18 Å². The summed E-state index contributed by atoms with van der Waals surface area (Å²) >= 11 is 5.20. The number of hydrogen-bond donors (Lipinski definition) is 1. The van der Waals surface area contributed by atoms with Gasteiger partial charge in [0.15, 0.2) is 0 Å². The van der Waals surface area contributed by atoms with Crippen LogP contribution in [0, 0.1) is 5.82 Å². The Balaban J connectivity index is 1.85. The molecule has 1 atom stereocenters. The third-order valence-electron chi connectivity index (χ3n) is 4.21. The lowest BCUT2D eigenvalue weighted by atomic mass is 9.89. The quantitative estimate of drug-likeness (QED) is 0.578. The van der Waals surface area contributed by atoms with E-state index in [2.05, 4.69) is 21.2 Å². The van der Waals surface area contributed by atoms with E-state index in [1.165, 1.54) is 12.1 Å². The molecule has 1 aromatic heterocycles. The van der Waals surface area contributed by atoms with Gasteiger partial charge in [-0.3, -0.25) is 4.79 Å². The van der Waals surface area contributed by atoms with Crippen LogP contribution in [-0.4, -0.2) is 5.91 Å². The predicted molar refractivity (Wildman–Crippen MR) is 98.9 cm³/mol. The lowest BCUT2D eigenvalue weighted by molar-refractivity contribution is -0.116. The summed E-state index contributed by atoms with van der Waals surface area (Å²) in [6.45, 7) is 0. The first-order valence-corrected chi connectivity index (χ1v) is 9.22. The van der Waals surface area contributed by atoms with Crippen molar-refractivity contribution in [3.8, 4) is 11.1 Å². The van der Waals surface area contributed by atoms with Crippen LogP contribution in [0.15, 0.2) is 58.4 Å². The van der Waals surface area contributed by atoms with E-state index < -0.39 is 0 Å². The van der Waals surface area contributed by atoms with E-state index in [-0.39, 0.29) is 17.6 Å². The van der Waals surface area contributed by atoms with Gasteiger partial charge in [0.1, 0.15) is 5.82 Å². The van der Waals surface area contributed by atoms with Gasteiger partial charge in [-0.25, -0.2) is 4.39 Å². The molecule has 4 rings (SSSR count). The van der Waals surface area contributed by atoms with Crippen molar-refractivity contribution < 1.29 is 9.18 Å². The van der Waals surface area contributed by atoms with Crippen LogP contribution in [0.2, 0.25) is 0 Å². The molecular formula is C19H13BrFNOS. The first kappa shape index (κ1) is 15.5. The third kappa shape index (κ3) is 2.68. The largest absolute Gasteiger partial charge is 0.325 e. The molecule has 2 aromatic carbocycles. The van der Waals surface area contributed by atoms with Crippen molar-refractivity contribution in [1.29, 1.82) is 0 Å². The number of thiophene rings is 1. The second kappa shape index (κ2) is 6.15. The summed E-state index contributed by atoms with van der Waals surface area (Å²) in [5.74, 6) is -0.284. The summed E-state index contributed by atoms with van der Waals surface area (Å²) in [6.07, 6.45) is 0.415. The zero-order valence-electron chi connectivity index (χ0n) is 12.6. The summed E-state index contributed by atoms with van der Waals surface area (Å²) < 4.78 is 14.6. The molecule has 120 valence electrons. The van der Waals surface area contributed by atoms with Gasteiger partial charge in [-0.2, -0.15) is 0 Å². The molecule has 0 saturated carbocycles. The van der Waals surface area contributed by atoms with Gasteiger partial charge in [-0.1, -0.05) is 46.3 Å². The normalized spacial score (nSPS) is 16.6. The molecule has 5 heteroatoms. The van der Waals surface area contributed by atoms with E-state index in [1.54, 1.807) is 17.4 Å². The smallest absolute Gasteiger partial charge is 0.225 e. The molecule has 24 heavy (non-hydrogen) atoms. The van der Waals surface area contributed by atoms with Crippen molar-refractivity contribution >= 4 is 38.9 Å². The standard InChI is InChI=1S/C19H13BrFNOS/c20-16-7-2-1-6-13(16)14-9-17(23)22-18-15(10-24-19(14)18)11-4-3-5-12(21)8-11/h1-8,10,14H,9H2,(H,22,23). The fourth-order valence-corrected chi connectivity index (χ4v) is 4.82. The Labute approximate surface area is 151 Å². The van der Waals surface area contributed by atoms with Gasteiger partial charge in [0.25, 0.3) is 0 Å². The Bertz CT molecular complexity index is 937. The minimum Gasteiger partial charge on any atom is -0.325 e. The van der Waals surface area contributed by atoms with Crippen LogP contribution in [-0.2, 0) is 4.79 Å². The van der Waals surface area contributed by atoms with Gasteiger partial charge >= 0.3 is 0 Å². The minimum absolute atomic E-state index is 0.0108. The van der Waals surface area contributed by atoms with Crippen molar-refractivity contribution in [3.63, 3.8) is 0 Å². The number of fused-ring (bicyclic) bond motifs is 1. The van der Waals surface area contributed by atoms with Crippen LogP contribution in [0.1, 0.15) is 22.8 Å². The highest BCUT2D eigenvalue weighted by atomic mass is 79.9. The molecule has 0 spiro atoms. The highest BCUT2D eigenvalue weighted by Crippen LogP contribution is 2.47. The average Bonchev–Trinajstić information content (AvgIpc) is 2.98. The zero-order chi connectivity index (χ0) is 16.7. The summed E-state index contributed by atoms with van der Waals surface area (Å²) in [4.78, 5) is 13.4. The molecule has 0 fully saturated rings. The summed E-state index contributed by atoms with van der Waals surface area (Å²) in [5.41, 5.74) is 3.56. The molecule has 1 unspecified atom stereocenters. The lowest BCUT2D eigenvalue weighted by Crippen LogP contribution is -2.22. The van der Waals surface area contributed by atoms with Crippen LogP contribution in [0.4, 0.5) is 10.1 Å². The van der Waals surface area contributed by atoms with Gasteiger partial charge in [0.2, 0.25) is 5.91 Å². The molecular weight excluding hydrogens is 389 g/mol. The van der Waals surface area contributed by atoms with Crippen molar-refractivity contribution in [2.75, 3.05) is 5.32 Å². The van der Waals surface area contributed by atoms with Gasteiger partial charge in [-0.15, -0.1) is 11.3 Å². The number of amides is 1. The third-order valence-corrected chi connectivity index (χ3v) is 6.02. The maximum Gasteiger partial charge on any atom is 0.225 e. The summed E-state index contributed by atoms with van der Waals surface area (Å²) in [5, 5.41) is 4.97. The molecule has 1 N–H and O–H groups in total. The average molecular weight is 402 g/mol. The molecule has 3 aromatic rings. The number of nitrogens with one attached hydrogen (secondary N) is 1. The molecule has 0 saturated heterocycles. The second-order valence-corrected chi connectivity index (χ2v) is 7.49. The van der Waals surface area contributed by atoms with Crippen LogP contribution in [0.5, 0.6) is 0 Å². The molecule has 1 aliphatic heterocycles. The number of carbonyl (C=O) groups excluding carboxylic acids is 1. The van der Waals surface area contributed by atoms with Crippen molar-refractivity contribution in [3.05, 3.63) is 74.6 Å². The van der Waals surface area contributed by atoms with Crippen LogP contribution in [0.3, 0.4) is 0 Å². The molecule has 2 heterocycles. The van der Waals surface area contributed by atoms with Crippen molar-refractivity contribution in [2.24, 2.45) is 0 Å². The maximum absolute atomic E-state index is 13.6. The first-order valence-electron chi connectivity index (χ1n) is 7.55. The van der Waals surface area contributed by atoms with E-state index in [0.29, 0.717) is 6.42 Å². The number of rotatable bonds is 2. The summed E-state index contributed by atoms with van der Waals surface area (Å²) in [6, 6.07) is 14.4. The number of benzene rings is 2. The zero-order valence-corrected chi connectivity index (χ0v) is 15.0. The molecule has 0 radical (unpaired) electrons. The Morgan fingerprint density at radius 1 is 1.17 bits per heavy atom.